The summed E-state index contributed by atoms with van der Waals surface area (Å²) in [5.41, 5.74) is 5.61. The molecule has 0 aliphatic heterocycles. The van der Waals surface area contributed by atoms with Gasteiger partial charge >= 0.3 is 5.97 Å². The van der Waals surface area contributed by atoms with Gasteiger partial charge in [-0.15, -0.1) is 0 Å². The second kappa shape index (κ2) is 7.17. The van der Waals surface area contributed by atoms with Crippen LogP contribution in [0.3, 0.4) is 0 Å². The van der Waals surface area contributed by atoms with Gasteiger partial charge < -0.3 is 10.5 Å². The van der Waals surface area contributed by atoms with Crippen molar-refractivity contribution in [3.8, 4) is 0 Å². The van der Waals surface area contributed by atoms with Crippen molar-refractivity contribution in [2.45, 2.75) is 13.3 Å². The smallest absolute Gasteiger partial charge is 0.341 e. The molecule has 0 radical (unpaired) electrons. The summed E-state index contributed by atoms with van der Waals surface area (Å²) in [4.78, 5) is 11.5. The Balaban J connectivity index is 2.42. The Morgan fingerprint density at radius 2 is 2.29 bits per heavy atom. The maximum Gasteiger partial charge on any atom is 0.341 e. The van der Waals surface area contributed by atoms with Crippen molar-refractivity contribution in [1.82, 2.24) is 0 Å². The van der Waals surface area contributed by atoms with Gasteiger partial charge in [0.1, 0.15) is 5.82 Å². The Bertz CT molecular complexity index is 385. The number of halogens is 1. The fourth-order valence-electron chi connectivity index (χ4n) is 1.24. The van der Waals surface area contributed by atoms with Crippen LogP contribution in [0.25, 0.3) is 0 Å². The van der Waals surface area contributed by atoms with Crippen molar-refractivity contribution in [2.75, 3.05) is 23.8 Å². The number of ether oxygens (including phenoxy) is 1. The standard InChI is InChI=1S/C12H16FNO2S/c1-2-17-7-3-6-16-12(15)10-5-4-9(14)8-11(10)13/h4-5,8H,2-3,6-7,14H2,1H3. The summed E-state index contributed by atoms with van der Waals surface area (Å²) < 4.78 is 18.3. The molecule has 5 heteroatoms. The molecule has 0 amide bonds. The number of hydrogen-bond donors (Lipinski definition) is 1. The van der Waals surface area contributed by atoms with E-state index in [1.54, 1.807) is 11.8 Å². The van der Waals surface area contributed by atoms with Gasteiger partial charge in [-0.05, 0) is 36.1 Å². The maximum atomic E-state index is 13.3. The van der Waals surface area contributed by atoms with Gasteiger partial charge in [0.05, 0.1) is 12.2 Å². The molecule has 0 aliphatic carbocycles. The maximum absolute atomic E-state index is 13.3. The first-order chi connectivity index (χ1) is 8.15. The van der Waals surface area contributed by atoms with Crippen molar-refractivity contribution < 1.29 is 13.9 Å². The molecule has 94 valence electrons. The summed E-state index contributed by atoms with van der Waals surface area (Å²) in [6.07, 6.45) is 0.779. The number of carbonyl (C=O) groups excluding carboxylic acids is 1. The third-order valence-corrected chi connectivity index (χ3v) is 3.07. The molecule has 0 spiro atoms. The lowest BCUT2D eigenvalue weighted by atomic mass is 10.2. The van der Waals surface area contributed by atoms with E-state index in [9.17, 15) is 9.18 Å². The highest BCUT2D eigenvalue weighted by molar-refractivity contribution is 7.99. The molecule has 0 heterocycles. The van der Waals surface area contributed by atoms with Crippen molar-refractivity contribution >= 4 is 23.4 Å². The topological polar surface area (TPSA) is 52.3 Å². The second-order valence-corrected chi connectivity index (χ2v) is 4.82. The van der Waals surface area contributed by atoms with Crippen molar-refractivity contribution in [3.63, 3.8) is 0 Å². The predicted molar refractivity (Wildman–Crippen MR) is 68.7 cm³/mol. The fourth-order valence-corrected chi connectivity index (χ4v) is 1.86. The Kier molecular flexibility index (Phi) is 5.83. The van der Waals surface area contributed by atoms with E-state index in [4.69, 9.17) is 10.5 Å². The first kappa shape index (κ1) is 13.8. The van der Waals surface area contributed by atoms with Gasteiger partial charge in [0.25, 0.3) is 0 Å². The molecular weight excluding hydrogens is 241 g/mol. The van der Waals surface area contributed by atoms with Gasteiger partial charge in [0.2, 0.25) is 0 Å². The van der Waals surface area contributed by atoms with Gasteiger partial charge in [0.15, 0.2) is 0 Å². The molecule has 0 bridgehead atoms. The molecule has 0 unspecified atom stereocenters. The molecule has 0 saturated carbocycles. The average molecular weight is 257 g/mol. The van der Waals surface area contributed by atoms with E-state index in [-0.39, 0.29) is 5.56 Å². The van der Waals surface area contributed by atoms with Crippen molar-refractivity contribution in [1.29, 1.82) is 0 Å². The minimum Gasteiger partial charge on any atom is -0.462 e. The van der Waals surface area contributed by atoms with Crippen LogP contribution in [-0.2, 0) is 4.74 Å². The third kappa shape index (κ3) is 4.65. The van der Waals surface area contributed by atoms with E-state index >= 15 is 0 Å². The number of rotatable bonds is 6. The second-order valence-electron chi connectivity index (χ2n) is 3.43. The lowest BCUT2D eigenvalue weighted by molar-refractivity contribution is 0.0501. The number of carbonyl (C=O) groups is 1. The number of nitrogen functional groups attached to an aromatic ring is 1. The van der Waals surface area contributed by atoms with E-state index in [0.29, 0.717) is 12.3 Å². The molecule has 1 aromatic rings. The SMILES string of the molecule is CCSCCCOC(=O)c1ccc(N)cc1F. The van der Waals surface area contributed by atoms with Crippen LogP contribution in [0.15, 0.2) is 18.2 Å². The van der Waals surface area contributed by atoms with Crippen LogP contribution in [-0.4, -0.2) is 24.1 Å². The Morgan fingerprint density at radius 3 is 2.94 bits per heavy atom. The van der Waals surface area contributed by atoms with E-state index in [1.807, 2.05) is 0 Å². The van der Waals surface area contributed by atoms with Crippen LogP contribution in [0.2, 0.25) is 0 Å². The average Bonchev–Trinajstić information content (AvgIpc) is 2.28. The molecule has 1 rings (SSSR count). The number of esters is 1. The Hall–Kier alpha value is -1.23. The van der Waals surface area contributed by atoms with Crippen LogP contribution in [0.1, 0.15) is 23.7 Å². The van der Waals surface area contributed by atoms with Crippen LogP contribution in [0.5, 0.6) is 0 Å². The monoisotopic (exact) mass is 257 g/mol. The highest BCUT2D eigenvalue weighted by Crippen LogP contribution is 2.13. The number of nitrogens with two attached hydrogens (primary N) is 1. The van der Waals surface area contributed by atoms with Crippen LogP contribution >= 0.6 is 11.8 Å². The predicted octanol–water partition coefficient (Wildman–Crippen LogP) is 2.71. The van der Waals surface area contributed by atoms with E-state index in [2.05, 4.69) is 6.92 Å². The third-order valence-electron chi connectivity index (χ3n) is 2.08. The van der Waals surface area contributed by atoms with E-state index in [1.165, 1.54) is 12.1 Å². The molecule has 0 aliphatic rings. The summed E-state index contributed by atoms with van der Waals surface area (Å²) in [6, 6.07) is 3.93. The summed E-state index contributed by atoms with van der Waals surface area (Å²) in [7, 11) is 0. The summed E-state index contributed by atoms with van der Waals surface area (Å²) in [5, 5.41) is 0. The van der Waals surface area contributed by atoms with Crippen LogP contribution < -0.4 is 5.73 Å². The van der Waals surface area contributed by atoms with Gasteiger partial charge in [-0.25, -0.2) is 9.18 Å². The van der Waals surface area contributed by atoms with Gasteiger partial charge in [-0.2, -0.15) is 11.8 Å². The Labute approximate surface area is 105 Å². The van der Waals surface area contributed by atoms with E-state index < -0.39 is 11.8 Å². The normalized spacial score (nSPS) is 10.2. The minimum absolute atomic E-state index is 0.0673. The molecule has 0 atom stereocenters. The molecule has 0 saturated heterocycles. The van der Waals surface area contributed by atoms with Gasteiger partial charge in [-0.1, -0.05) is 6.92 Å². The highest BCUT2D eigenvalue weighted by atomic mass is 32.2. The molecule has 0 fully saturated rings. The minimum atomic E-state index is -0.641. The molecule has 17 heavy (non-hydrogen) atoms. The summed E-state index contributed by atoms with van der Waals surface area (Å²) >= 11 is 1.78. The number of thioether (sulfide) groups is 1. The lowest BCUT2D eigenvalue weighted by Gasteiger charge is -2.05. The van der Waals surface area contributed by atoms with Crippen molar-refractivity contribution in [2.24, 2.45) is 0 Å². The van der Waals surface area contributed by atoms with Gasteiger partial charge in [-0.3, -0.25) is 0 Å². The molecule has 0 aromatic heterocycles. The number of hydrogen-bond acceptors (Lipinski definition) is 4. The first-order valence-corrected chi connectivity index (χ1v) is 6.60. The number of benzene rings is 1. The van der Waals surface area contributed by atoms with Crippen LogP contribution in [0.4, 0.5) is 10.1 Å². The fraction of sp³-hybridized carbons (Fsp3) is 0.417. The molecule has 2 N–H and O–H groups in total. The van der Waals surface area contributed by atoms with Gasteiger partial charge in [0, 0.05) is 5.69 Å². The lowest BCUT2D eigenvalue weighted by Crippen LogP contribution is -2.09. The van der Waals surface area contributed by atoms with Crippen LogP contribution in [0, 0.1) is 5.82 Å². The quantitative estimate of drug-likeness (QED) is 0.483. The first-order valence-electron chi connectivity index (χ1n) is 5.45. The summed E-state index contributed by atoms with van der Waals surface area (Å²) in [5.74, 6) is 0.705. The largest absolute Gasteiger partial charge is 0.462 e. The number of anilines is 1. The highest BCUT2D eigenvalue weighted by Gasteiger charge is 2.12. The molecular formula is C12H16FNO2S. The molecule has 1 aromatic carbocycles. The zero-order chi connectivity index (χ0) is 12.7. The Morgan fingerprint density at radius 1 is 1.53 bits per heavy atom. The van der Waals surface area contributed by atoms with E-state index in [0.717, 1.165) is 24.0 Å². The zero-order valence-corrected chi connectivity index (χ0v) is 10.6. The molecule has 3 nitrogen and oxygen atoms in total. The zero-order valence-electron chi connectivity index (χ0n) is 9.74. The van der Waals surface area contributed by atoms with Crippen molar-refractivity contribution in [3.05, 3.63) is 29.6 Å². The summed E-state index contributed by atoms with van der Waals surface area (Å²) in [6.45, 7) is 2.38.